The third kappa shape index (κ3) is 3.87. The van der Waals surface area contributed by atoms with Gasteiger partial charge in [0, 0.05) is 19.1 Å². The van der Waals surface area contributed by atoms with Crippen LogP contribution in [0.2, 0.25) is 0 Å². The lowest BCUT2D eigenvalue weighted by Crippen LogP contribution is -2.55. The van der Waals surface area contributed by atoms with Crippen molar-refractivity contribution in [1.29, 1.82) is 0 Å². The standard InChI is InChI=1S/C13H28N4/c1-5-6-7-15-13(16-14)17-9-10(2)8-11(3)12(17)4/h10-12H,5-9,14H2,1-4H3,(H,15,16). The molecule has 0 bridgehead atoms. The van der Waals surface area contributed by atoms with Gasteiger partial charge in [-0.15, -0.1) is 0 Å². The van der Waals surface area contributed by atoms with Crippen LogP contribution in [0.25, 0.3) is 0 Å². The first-order valence-corrected chi connectivity index (χ1v) is 6.87. The van der Waals surface area contributed by atoms with E-state index in [4.69, 9.17) is 5.84 Å². The van der Waals surface area contributed by atoms with Crippen LogP contribution < -0.4 is 11.3 Å². The SMILES string of the molecule is CCCCN=C(NN)N1CC(C)CC(C)C1C. The van der Waals surface area contributed by atoms with Crippen molar-refractivity contribution in [3.63, 3.8) is 0 Å². The zero-order chi connectivity index (χ0) is 12.8. The van der Waals surface area contributed by atoms with E-state index in [0.29, 0.717) is 17.9 Å². The van der Waals surface area contributed by atoms with Crippen LogP contribution in [0.1, 0.15) is 47.0 Å². The quantitative estimate of drug-likeness (QED) is 0.261. The van der Waals surface area contributed by atoms with E-state index in [2.05, 4.69) is 43.0 Å². The smallest absolute Gasteiger partial charge is 0.208 e. The van der Waals surface area contributed by atoms with Crippen molar-refractivity contribution in [2.75, 3.05) is 13.1 Å². The van der Waals surface area contributed by atoms with E-state index in [9.17, 15) is 0 Å². The number of piperidine rings is 1. The molecule has 0 aromatic rings. The Morgan fingerprint density at radius 2 is 2.12 bits per heavy atom. The first-order chi connectivity index (χ1) is 8.10. The van der Waals surface area contributed by atoms with Gasteiger partial charge in [-0.1, -0.05) is 27.2 Å². The lowest BCUT2D eigenvalue weighted by atomic mass is 9.86. The summed E-state index contributed by atoms with van der Waals surface area (Å²) >= 11 is 0. The Labute approximate surface area is 106 Å². The highest BCUT2D eigenvalue weighted by Crippen LogP contribution is 2.26. The van der Waals surface area contributed by atoms with Gasteiger partial charge in [0.15, 0.2) is 0 Å². The summed E-state index contributed by atoms with van der Waals surface area (Å²) in [6.07, 6.45) is 3.59. The van der Waals surface area contributed by atoms with Crippen LogP contribution in [0.15, 0.2) is 4.99 Å². The van der Waals surface area contributed by atoms with Crippen LogP contribution in [-0.4, -0.2) is 30.0 Å². The minimum absolute atomic E-state index is 0.516. The van der Waals surface area contributed by atoms with E-state index < -0.39 is 0 Å². The molecule has 3 unspecified atom stereocenters. The fourth-order valence-corrected chi connectivity index (χ4v) is 2.56. The molecule has 1 fully saturated rings. The molecule has 1 aliphatic rings. The summed E-state index contributed by atoms with van der Waals surface area (Å²) in [5.74, 6) is 7.89. The molecule has 1 saturated heterocycles. The fourth-order valence-electron chi connectivity index (χ4n) is 2.56. The van der Waals surface area contributed by atoms with Crippen molar-refractivity contribution in [3.8, 4) is 0 Å². The van der Waals surface area contributed by atoms with E-state index in [1.165, 1.54) is 12.8 Å². The molecule has 4 heteroatoms. The Bertz CT molecular complexity index is 252. The number of unbranched alkanes of at least 4 members (excludes halogenated alkanes) is 1. The molecule has 1 heterocycles. The molecule has 0 aliphatic carbocycles. The predicted octanol–water partition coefficient (Wildman–Crippen LogP) is 1.97. The second-order valence-corrected chi connectivity index (χ2v) is 5.41. The van der Waals surface area contributed by atoms with Crippen LogP contribution in [0, 0.1) is 11.8 Å². The normalized spacial score (nSPS) is 30.5. The number of rotatable bonds is 3. The van der Waals surface area contributed by atoms with E-state index in [0.717, 1.165) is 25.5 Å². The molecule has 3 N–H and O–H groups in total. The highest BCUT2D eigenvalue weighted by molar-refractivity contribution is 5.79. The first-order valence-electron chi connectivity index (χ1n) is 6.87. The van der Waals surface area contributed by atoms with Crippen LogP contribution in [0.5, 0.6) is 0 Å². The number of hydrogen-bond donors (Lipinski definition) is 2. The van der Waals surface area contributed by atoms with E-state index in [-0.39, 0.29) is 0 Å². The van der Waals surface area contributed by atoms with Crippen molar-refractivity contribution < 1.29 is 0 Å². The van der Waals surface area contributed by atoms with Gasteiger partial charge >= 0.3 is 0 Å². The number of hydrazine groups is 1. The molecule has 0 amide bonds. The summed E-state index contributed by atoms with van der Waals surface area (Å²) in [4.78, 5) is 6.91. The maximum absolute atomic E-state index is 5.62. The molecule has 1 rings (SSSR count). The van der Waals surface area contributed by atoms with E-state index in [1.54, 1.807) is 0 Å². The maximum atomic E-state index is 5.62. The monoisotopic (exact) mass is 240 g/mol. The van der Waals surface area contributed by atoms with Crippen LogP contribution in [0.3, 0.4) is 0 Å². The molecule has 0 aromatic carbocycles. The Morgan fingerprint density at radius 1 is 1.41 bits per heavy atom. The molecule has 100 valence electrons. The number of nitrogens with two attached hydrogens (primary N) is 1. The van der Waals surface area contributed by atoms with Gasteiger partial charge in [-0.3, -0.25) is 10.4 Å². The summed E-state index contributed by atoms with van der Waals surface area (Å²) in [6.45, 7) is 11.0. The minimum Gasteiger partial charge on any atom is -0.339 e. The largest absolute Gasteiger partial charge is 0.339 e. The Balaban J connectivity index is 2.68. The van der Waals surface area contributed by atoms with Crippen molar-refractivity contribution in [1.82, 2.24) is 10.3 Å². The van der Waals surface area contributed by atoms with Gasteiger partial charge in [-0.25, -0.2) is 5.84 Å². The lowest BCUT2D eigenvalue weighted by molar-refractivity contribution is 0.142. The number of likely N-dealkylation sites (tertiary alicyclic amines) is 1. The van der Waals surface area contributed by atoms with Gasteiger partial charge in [0.25, 0.3) is 0 Å². The summed E-state index contributed by atoms with van der Waals surface area (Å²) < 4.78 is 0. The highest BCUT2D eigenvalue weighted by Gasteiger charge is 2.30. The molecule has 0 spiro atoms. The number of guanidine groups is 1. The summed E-state index contributed by atoms with van der Waals surface area (Å²) in [5, 5.41) is 0. The molecule has 3 atom stereocenters. The van der Waals surface area contributed by atoms with E-state index in [1.807, 2.05) is 0 Å². The highest BCUT2D eigenvalue weighted by atomic mass is 15.4. The molecule has 0 radical (unpaired) electrons. The molecule has 0 saturated carbocycles. The van der Waals surface area contributed by atoms with Gasteiger partial charge in [-0.05, 0) is 31.6 Å². The van der Waals surface area contributed by atoms with Crippen molar-refractivity contribution in [2.45, 2.75) is 53.0 Å². The first kappa shape index (κ1) is 14.3. The fraction of sp³-hybridized carbons (Fsp3) is 0.923. The average molecular weight is 240 g/mol. The van der Waals surface area contributed by atoms with Crippen LogP contribution in [-0.2, 0) is 0 Å². The minimum atomic E-state index is 0.516. The third-order valence-corrected chi connectivity index (χ3v) is 3.77. The molecule has 4 nitrogen and oxygen atoms in total. The molecule has 1 aliphatic heterocycles. The summed E-state index contributed by atoms with van der Waals surface area (Å²) in [6, 6.07) is 0.516. The zero-order valence-electron chi connectivity index (χ0n) is 11.7. The lowest BCUT2D eigenvalue weighted by Gasteiger charge is -2.42. The predicted molar refractivity (Wildman–Crippen MR) is 73.6 cm³/mol. The Kier molecular flexibility index (Phi) is 5.75. The second kappa shape index (κ2) is 6.84. The Morgan fingerprint density at radius 3 is 2.71 bits per heavy atom. The average Bonchev–Trinajstić information content (AvgIpc) is 2.30. The van der Waals surface area contributed by atoms with Gasteiger partial charge in [0.2, 0.25) is 5.96 Å². The summed E-state index contributed by atoms with van der Waals surface area (Å²) in [5.41, 5.74) is 2.78. The van der Waals surface area contributed by atoms with Gasteiger partial charge in [0.1, 0.15) is 0 Å². The third-order valence-electron chi connectivity index (χ3n) is 3.77. The van der Waals surface area contributed by atoms with Gasteiger partial charge < -0.3 is 4.90 Å². The number of hydrogen-bond acceptors (Lipinski definition) is 2. The number of aliphatic imine (C=N–C) groups is 1. The molecule has 0 aromatic heterocycles. The molecular weight excluding hydrogens is 212 g/mol. The Hall–Kier alpha value is -0.770. The molecular formula is C13H28N4. The van der Waals surface area contributed by atoms with E-state index >= 15 is 0 Å². The van der Waals surface area contributed by atoms with Crippen molar-refractivity contribution in [2.24, 2.45) is 22.7 Å². The van der Waals surface area contributed by atoms with Gasteiger partial charge in [0.05, 0.1) is 0 Å². The second-order valence-electron chi connectivity index (χ2n) is 5.41. The number of nitrogens with zero attached hydrogens (tertiary/aromatic N) is 2. The summed E-state index contributed by atoms with van der Waals surface area (Å²) in [7, 11) is 0. The topological polar surface area (TPSA) is 53.6 Å². The van der Waals surface area contributed by atoms with Gasteiger partial charge in [-0.2, -0.15) is 0 Å². The van der Waals surface area contributed by atoms with Crippen molar-refractivity contribution >= 4 is 5.96 Å². The zero-order valence-corrected chi connectivity index (χ0v) is 11.7. The van der Waals surface area contributed by atoms with Crippen LogP contribution in [0.4, 0.5) is 0 Å². The van der Waals surface area contributed by atoms with Crippen LogP contribution >= 0.6 is 0 Å². The maximum Gasteiger partial charge on any atom is 0.208 e. The molecule has 17 heavy (non-hydrogen) atoms. The number of nitrogens with one attached hydrogen (secondary N) is 1. The van der Waals surface area contributed by atoms with Crippen molar-refractivity contribution in [3.05, 3.63) is 0 Å².